The van der Waals surface area contributed by atoms with Gasteiger partial charge in [-0.2, -0.15) is 0 Å². The third-order valence-corrected chi connectivity index (χ3v) is 6.13. The molecule has 0 radical (unpaired) electrons. The Kier molecular flexibility index (Phi) is 7.26. The molecule has 0 spiro atoms. The number of hydrogen-bond donors (Lipinski definition) is 1. The standard InChI is InChI=1S/C25H26ClFN2O5/c1-3-33-24(31)13-29-22-8-7-16(11-19(22)20-9-15(27)10-21(26)25(20)29)28-23(30)14-34-18-6-4-5-17(12-18)32-2/h4-6,9-10,12,16H,3,7-8,11,13-14H2,1-2H3,(H,28,30). The van der Waals surface area contributed by atoms with Crippen LogP contribution in [0.4, 0.5) is 4.39 Å². The monoisotopic (exact) mass is 488 g/mol. The van der Waals surface area contributed by atoms with E-state index in [0.717, 1.165) is 11.3 Å². The summed E-state index contributed by atoms with van der Waals surface area (Å²) >= 11 is 6.38. The number of esters is 1. The summed E-state index contributed by atoms with van der Waals surface area (Å²) in [6.45, 7) is 1.88. The molecular formula is C25H26ClFN2O5. The molecule has 1 heterocycles. The quantitative estimate of drug-likeness (QED) is 0.484. The van der Waals surface area contributed by atoms with Gasteiger partial charge in [-0.3, -0.25) is 9.59 Å². The van der Waals surface area contributed by atoms with Gasteiger partial charge in [-0.25, -0.2) is 4.39 Å². The Morgan fingerprint density at radius 1 is 1.24 bits per heavy atom. The van der Waals surface area contributed by atoms with Gasteiger partial charge in [-0.1, -0.05) is 17.7 Å². The molecule has 0 saturated carbocycles. The van der Waals surface area contributed by atoms with Crippen LogP contribution in [0, 0.1) is 5.82 Å². The molecule has 1 atom stereocenters. The van der Waals surface area contributed by atoms with Crippen LogP contribution < -0.4 is 14.8 Å². The zero-order valence-corrected chi connectivity index (χ0v) is 19.8. The van der Waals surface area contributed by atoms with Crippen molar-refractivity contribution in [2.45, 2.75) is 38.8 Å². The van der Waals surface area contributed by atoms with Crippen molar-refractivity contribution in [3.63, 3.8) is 0 Å². The molecule has 0 saturated heterocycles. The Hall–Kier alpha value is -3.26. The molecule has 1 aromatic heterocycles. The van der Waals surface area contributed by atoms with Gasteiger partial charge in [-0.15, -0.1) is 0 Å². The summed E-state index contributed by atoms with van der Waals surface area (Å²) < 4.78 is 31.9. The van der Waals surface area contributed by atoms with Gasteiger partial charge in [0.1, 0.15) is 23.9 Å². The zero-order chi connectivity index (χ0) is 24.2. The molecule has 34 heavy (non-hydrogen) atoms. The second kappa shape index (κ2) is 10.3. The fourth-order valence-electron chi connectivity index (χ4n) is 4.44. The van der Waals surface area contributed by atoms with Gasteiger partial charge < -0.3 is 24.1 Å². The van der Waals surface area contributed by atoms with Crippen LogP contribution in [0.25, 0.3) is 10.9 Å². The number of carbonyl (C=O) groups is 2. The number of hydrogen-bond acceptors (Lipinski definition) is 5. The second-order valence-electron chi connectivity index (χ2n) is 8.08. The van der Waals surface area contributed by atoms with Crippen LogP contribution >= 0.6 is 11.6 Å². The number of fused-ring (bicyclic) bond motifs is 3. The first-order chi connectivity index (χ1) is 16.4. The molecule has 0 aliphatic heterocycles. The van der Waals surface area contributed by atoms with Crippen molar-refractivity contribution >= 4 is 34.4 Å². The number of benzene rings is 2. The van der Waals surface area contributed by atoms with Crippen LogP contribution in [0.5, 0.6) is 11.5 Å². The maximum atomic E-state index is 14.2. The van der Waals surface area contributed by atoms with Crippen molar-refractivity contribution in [2.75, 3.05) is 20.3 Å². The summed E-state index contributed by atoms with van der Waals surface area (Å²) in [5, 5.41) is 3.89. The van der Waals surface area contributed by atoms with Crippen LogP contribution in [0.15, 0.2) is 36.4 Å². The van der Waals surface area contributed by atoms with E-state index in [1.165, 1.54) is 12.1 Å². The van der Waals surface area contributed by atoms with E-state index in [4.69, 9.17) is 25.8 Å². The number of nitrogens with zero attached hydrogens (tertiary/aromatic N) is 1. The van der Waals surface area contributed by atoms with Gasteiger partial charge in [0.25, 0.3) is 5.91 Å². The maximum absolute atomic E-state index is 14.2. The smallest absolute Gasteiger partial charge is 0.325 e. The van der Waals surface area contributed by atoms with Crippen molar-refractivity contribution < 1.29 is 28.2 Å². The third-order valence-electron chi connectivity index (χ3n) is 5.85. The molecule has 4 rings (SSSR count). The molecule has 3 aromatic rings. The number of aromatic nitrogens is 1. The van der Waals surface area contributed by atoms with Crippen LogP contribution in [0.3, 0.4) is 0 Å². The van der Waals surface area contributed by atoms with E-state index in [0.29, 0.717) is 41.7 Å². The van der Waals surface area contributed by atoms with Gasteiger partial charge in [-0.05, 0) is 56.0 Å². The van der Waals surface area contributed by atoms with Gasteiger partial charge in [0, 0.05) is 23.2 Å². The Morgan fingerprint density at radius 3 is 2.79 bits per heavy atom. The van der Waals surface area contributed by atoms with Crippen LogP contribution in [0.1, 0.15) is 24.6 Å². The number of nitrogens with one attached hydrogen (secondary N) is 1. The lowest BCUT2D eigenvalue weighted by Crippen LogP contribution is -2.41. The lowest BCUT2D eigenvalue weighted by atomic mass is 9.91. The average molecular weight is 489 g/mol. The third kappa shape index (κ3) is 5.12. The Balaban J connectivity index is 1.51. The highest BCUT2D eigenvalue weighted by molar-refractivity contribution is 6.35. The minimum atomic E-state index is -0.452. The number of halogens is 2. The molecule has 0 fully saturated rings. The van der Waals surface area contributed by atoms with E-state index >= 15 is 0 Å². The van der Waals surface area contributed by atoms with Crippen LogP contribution in [-0.2, 0) is 33.7 Å². The predicted octanol–water partition coefficient (Wildman–Crippen LogP) is 4.06. The topological polar surface area (TPSA) is 78.8 Å². The molecule has 1 aliphatic rings. The molecule has 9 heteroatoms. The molecule has 1 N–H and O–H groups in total. The molecular weight excluding hydrogens is 463 g/mol. The van der Waals surface area contributed by atoms with Gasteiger partial charge in [0.2, 0.25) is 0 Å². The Labute approximate surface area is 201 Å². The first-order valence-corrected chi connectivity index (χ1v) is 11.5. The van der Waals surface area contributed by atoms with Crippen LogP contribution in [-0.4, -0.2) is 42.8 Å². The highest BCUT2D eigenvalue weighted by Crippen LogP contribution is 2.36. The van der Waals surface area contributed by atoms with E-state index < -0.39 is 5.82 Å². The molecule has 180 valence electrons. The molecule has 0 bridgehead atoms. The minimum Gasteiger partial charge on any atom is -0.497 e. The van der Waals surface area contributed by atoms with E-state index in [2.05, 4.69) is 5.32 Å². The first-order valence-electron chi connectivity index (χ1n) is 11.1. The average Bonchev–Trinajstić information content (AvgIpc) is 3.11. The maximum Gasteiger partial charge on any atom is 0.325 e. The summed E-state index contributed by atoms with van der Waals surface area (Å²) in [7, 11) is 1.56. The highest BCUT2D eigenvalue weighted by Gasteiger charge is 2.28. The minimum absolute atomic E-state index is 0.00354. The van der Waals surface area contributed by atoms with Crippen molar-refractivity contribution in [3.05, 3.63) is 58.5 Å². The van der Waals surface area contributed by atoms with E-state index in [-0.39, 0.29) is 42.7 Å². The fourth-order valence-corrected chi connectivity index (χ4v) is 4.75. The number of carbonyl (C=O) groups excluding carboxylic acids is 2. The zero-order valence-electron chi connectivity index (χ0n) is 19.0. The summed E-state index contributed by atoms with van der Waals surface area (Å²) in [5.41, 5.74) is 2.40. The van der Waals surface area contributed by atoms with Crippen molar-refractivity contribution in [1.82, 2.24) is 9.88 Å². The summed E-state index contributed by atoms with van der Waals surface area (Å²) in [6, 6.07) is 9.54. The second-order valence-corrected chi connectivity index (χ2v) is 8.48. The van der Waals surface area contributed by atoms with E-state index in [9.17, 15) is 14.0 Å². The SMILES string of the molecule is CCOC(=O)Cn1c2c(c3cc(F)cc(Cl)c31)CC(NC(=O)COc1cccc(OC)c1)CC2. The van der Waals surface area contributed by atoms with Gasteiger partial charge in [0.05, 0.1) is 24.3 Å². The Bertz CT molecular complexity index is 1230. The number of methoxy groups -OCH3 is 1. The van der Waals surface area contributed by atoms with Crippen LogP contribution in [0.2, 0.25) is 5.02 Å². The van der Waals surface area contributed by atoms with E-state index in [1.807, 2.05) is 4.57 Å². The van der Waals surface area contributed by atoms with Crippen molar-refractivity contribution in [1.29, 1.82) is 0 Å². The molecule has 1 aliphatic carbocycles. The lowest BCUT2D eigenvalue weighted by Gasteiger charge is -2.25. The Morgan fingerprint density at radius 2 is 2.03 bits per heavy atom. The molecule has 2 aromatic carbocycles. The van der Waals surface area contributed by atoms with Gasteiger partial charge >= 0.3 is 5.97 Å². The highest BCUT2D eigenvalue weighted by atomic mass is 35.5. The fraction of sp³-hybridized carbons (Fsp3) is 0.360. The normalized spacial score (nSPS) is 15.0. The van der Waals surface area contributed by atoms with E-state index in [1.54, 1.807) is 38.3 Å². The number of ether oxygens (including phenoxy) is 3. The van der Waals surface area contributed by atoms with Crippen molar-refractivity contribution in [2.24, 2.45) is 0 Å². The number of rotatable bonds is 8. The largest absolute Gasteiger partial charge is 0.497 e. The first kappa shape index (κ1) is 23.9. The molecule has 1 unspecified atom stereocenters. The number of amides is 1. The summed E-state index contributed by atoms with van der Waals surface area (Å²) in [5.74, 6) is 0.0882. The van der Waals surface area contributed by atoms with Crippen molar-refractivity contribution in [3.8, 4) is 11.5 Å². The predicted molar refractivity (Wildman–Crippen MR) is 126 cm³/mol. The summed E-state index contributed by atoms with van der Waals surface area (Å²) in [4.78, 5) is 24.7. The molecule has 1 amide bonds. The summed E-state index contributed by atoms with van der Waals surface area (Å²) in [6.07, 6.45) is 1.76. The van der Waals surface area contributed by atoms with Gasteiger partial charge in [0.15, 0.2) is 6.61 Å². The molecule has 7 nitrogen and oxygen atoms in total. The lowest BCUT2D eigenvalue weighted by molar-refractivity contribution is -0.143.